The third-order valence-corrected chi connectivity index (χ3v) is 16.4. The van der Waals surface area contributed by atoms with E-state index in [9.17, 15) is 61.0 Å². The van der Waals surface area contributed by atoms with Crippen LogP contribution >= 0.6 is 0 Å². The van der Waals surface area contributed by atoms with Gasteiger partial charge in [-0.05, 0) is 83.5 Å². The smallest absolute Gasteiger partial charge is 0.220 e. The second kappa shape index (κ2) is 51.8. The first-order valence-corrected chi connectivity index (χ1v) is 34.1. The maximum atomic E-state index is 13.3. The number of aliphatic hydroxyl groups excluding tert-OH is 11. The van der Waals surface area contributed by atoms with Crippen molar-refractivity contribution < 1.29 is 89.4 Å². The van der Waals surface area contributed by atoms with Gasteiger partial charge in [0.2, 0.25) is 5.91 Å². The van der Waals surface area contributed by atoms with Crippen LogP contribution in [-0.2, 0) is 33.2 Å². The van der Waals surface area contributed by atoms with Crippen LogP contribution in [0.5, 0.6) is 0 Å². The fourth-order valence-corrected chi connectivity index (χ4v) is 10.8. The lowest BCUT2D eigenvalue weighted by molar-refractivity contribution is -0.379. The quantitative estimate of drug-likeness (QED) is 0.0200. The highest BCUT2D eigenvalue weighted by Crippen LogP contribution is 2.33. The molecule has 0 saturated carbocycles. The van der Waals surface area contributed by atoms with Crippen LogP contribution in [0.2, 0.25) is 0 Å². The average Bonchev–Trinajstić information content (AvgIpc) is 0.847. The molecule has 0 spiro atoms. The molecule has 90 heavy (non-hydrogen) atoms. The Kier molecular flexibility index (Phi) is 46.5. The van der Waals surface area contributed by atoms with Gasteiger partial charge in [0.25, 0.3) is 0 Å². The standard InChI is InChI=1S/C71H119NO18/c1-3-5-7-9-11-13-14-15-16-17-18-19-20-21-22-23-24-25-26-27-28-29-30-31-32-33-34-35-36-37-38-39-40-41-43-45-47-49-59(77)72-54(55(76)48-46-44-42-12-10-8-6-4-2)53-85-69-65(83)62(80)67(57(51-74)87-69)90-71-66(84)63(81)68(58(52-75)88-71)89-70-64(82)61(79)60(78)56(50-73)86-70/h5,7,11,13,15-16,18-19,21-22,24-25,27-28,30-31,33-34,54-58,60-71,73-76,78-84H,3-4,6,8-10,12,14,17,20,23,26,29,32,35-53H2,1-2H3,(H,72,77)/b7-5-,13-11-,16-15-,19-18-,22-21-,25-24-,28-27-,31-30-,34-33-. The van der Waals surface area contributed by atoms with Gasteiger partial charge in [-0.2, -0.15) is 0 Å². The van der Waals surface area contributed by atoms with Gasteiger partial charge >= 0.3 is 0 Å². The van der Waals surface area contributed by atoms with Crippen LogP contribution in [0.3, 0.4) is 0 Å². The van der Waals surface area contributed by atoms with Crippen LogP contribution in [0.25, 0.3) is 0 Å². The molecule has 0 aliphatic carbocycles. The van der Waals surface area contributed by atoms with Gasteiger partial charge in [0, 0.05) is 6.42 Å². The molecule has 3 fully saturated rings. The van der Waals surface area contributed by atoms with Crippen LogP contribution < -0.4 is 5.32 Å². The van der Waals surface area contributed by atoms with Crippen LogP contribution in [0, 0.1) is 0 Å². The topological polar surface area (TPSA) is 307 Å². The average molecular weight is 1270 g/mol. The summed E-state index contributed by atoms with van der Waals surface area (Å²) in [5, 5.41) is 120. The summed E-state index contributed by atoms with van der Waals surface area (Å²) in [5.74, 6) is -0.258. The van der Waals surface area contributed by atoms with Gasteiger partial charge in [-0.3, -0.25) is 4.79 Å². The predicted molar refractivity (Wildman–Crippen MR) is 350 cm³/mol. The second-order valence-corrected chi connectivity index (χ2v) is 23.9. The summed E-state index contributed by atoms with van der Waals surface area (Å²) in [6.07, 6.45) is 42.1. The molecule has 19 heteroatoms. The number of unbranched alkanes of at least 4 members (excludes halogenated alkanes) is 16. The van der Waals surface area contributed by atoms with Crippen LogP contribution in [0.4, 0.5) is 0 Å². The highest BCUT2D eigenvalue weighted by Gasteiger charge is 2.53. The summed E-state index contributed by atoms with van der Waals surface area (Å²) in [5.41, 5.74) is 0. The molecule has 3 rings (SSSR count). The summed E-state index contributed by atoms with van der Waals surface area (Å²) in [7, 11) is 0. The van der Waals surface area contributed by atoms with E-state index in [0.29, 0.717) is 12.8 Å². The fourth-order valence-electron chi connectivity index (χ4n) is 10.8. The molecular formula is C71H119NO18. The Labute approximate surface area is 538 Å². The fraction of sp³-hybridized carbons (Fsp3) is 0.732. The lowest BCUT2D eigenvalue weighted by Gasteiger charge is -2.48. The normalized spacial score (nSPS) is 28.7. The van der Waals surface area contributed by atoms with Crippen molar-refractivity contribution in [2.45, 2.75) is 304 Å². The number of rotatable bonds is 50. The second-order valence-electron chi connectivity index (χ2n) is 23.9. The van der Waals surface area contributed by atoms with Crippen LogP contribution in [-0.4, -0.2) is 193 Å². The Morgan fingerprint density at radius 1 is 0.411 bits per heavy atom. The highest BCUT2D eigenvalue weighted by atomic mass is 16.8. The Balaban J connectivity index is 1.32. The first-order valence-electron chi connectivity index (χ1n) is 34.1. The van der Waals surface area contributed by atoms with E-state index in [-0.39, 0.29) is 18.9 Å². The number of aliphatic hydroxyl groups is 11. The summed E-state index contributed by atoms with van der Waals surface area (Å²) < 4.78 is 34.3. The number of allylic oxidation sites excluding steroid dienone is 18. The van der Waals surface area contributed by atoms with Crippen molar-refractivity contribution in [2.75, 3.05) is 26.4 Å². The molecule has 0 aromatic carbocycles. The molecule has 1 amide bonds. The van der Waals surface area contributed by atoms with Crippen molar-refractivity contribution in [3.05, 3.63) is 109 Å². The van der Waals surface area contributed by atoms with E-state index in [1.54, 1.807) is 0 Å². The number of carbonyl (C=O) groups is 1. The molecule has 19 nitrogen and oxygen atoms in total. The molecule has 17 atom stereocenters. The van der Waals surface area contributed by atoms with E-state index in [1.807, 2.05) is 0 Å². The Hall–Kier alpha value is -3.55. The first-order chi connectivity index (χ1) is 43.8. The first kappa shape index (κ1) is 80.7. The highest BCUT2D eigenvalue weighted by molar-refractivity contribution is 5.76. The molecular weight excluding hydrogens is 1150 g/mol. The zero-order chi connectivity index (χ0) is 65.4. The summed E-state index contributed by atoms with van der Waals surface area (Å²) >= 11 is 0. The van der Waals surface area contributed by atoms with Gasteiger partial charge in [-0.25, -0.2) is 0 Å². The molecule has 3 heterocycles. The maximum absolute atomic E-state index is 13.3. The van der Waals surface area contributed by atoms with Crippen LogP contribution in [0.15, 0.2) is 109 Å². The van der Waals surface area contributed by atoms with E-state index >= 15 is 0 Å². The van der Waals surface area contributed by atoms with E-state index < -0.39 is 124 Å². The SMILES string of the molecule is CC/C=C\C/C=C\C/C=C\C/C=C\C/C=C\C/C=C\C/C=C\C/C=C\C/C=C\CCCCCCCCCCCC(=O)NC(COC1OC(CO)C(OC2OC(CO)C(OC3OC(CO)C(O)C(O)C3O)C(O)C2O)C(O)C1O)C(O)CCCCCCCCCC. The van der Waals surface area contributed by atoms with Crippen molar-refractivity contribution >= 4 is 5.91 Å². The zero-order valence-corrected chi connectivity index (χ0v) is 54.3. The number of hydrogen-bond donors (Lipinski definition) is 12. The van der Waals surface area contributed by atoms with Gasteiger partial charge < -0.3 is 89.9 Å². The third-order valence-electron chi connectivity index (χ3n) is 16.4. The van der Waals surface area contributed by atoms with E-state index in [4.69, 9.17) is 28.4 Å². The molecule has 3 aliphatic heterocycles. The molecule has 0 bridgehead atoms. The summed E-state index contributed by atoms with van der Waals surface area (Å²) in [6, 6.07) is -0.895. The zero-order valence-electron chi connectivity index (χ0n) is 54.3. The molecule has 0 aromatic heterocycles. The molecule has 12 N–H and O–H groups in total. The largest absolute Gasteiger partial charge is 0.394 e. The molecule has 0 radical (unpaired) electrons. The van der Waals surface area contributed by atoms with Gasteiger partial charge in [-0.1, -0.05) is 220 Å². The van der Waals surface area contributed by atoms with Gasteiger partial charge in [0.15, 0.2) is 18.9 Å². The third kappa shape index (κ3) is 33.5. The molecule has 0 aromatic rings. The minimum Gasteiger partial charge on any atom is -0.394 e. The van der Waals surface area contributed by atoms with Gasteiger partial charge in [-0.15, -0.1) is 0 Å². The molecule has 3 saturated heterocycles. The molecule has 3 aliphatic rings. The van der Waals surface area contributed by atoms with Crippen molar-refractivity contribution in [1.82, 2.24) is 5.32 Å². The Morgan fingerprint density at radius 2 is 0.767 bits per heavy atom. The number of carbonyl (C=O) groups excluding carboxylic acids is 1. The summed E-state index contributed by atoms with van der Waals surface area (Å²) in [4.78, 5) is 13.3. The number of nitrogens with one attached hydrogen (secondary N) is 1. The number of ether oxygens (including phenoxy) is 6. The van der Waals surface area contributed by atoms with Gasteiger partial charge in [0.05, 0.1) is 38.6 Å². The lowest BCUT2D eigenvalue weighted by Crippen LogP contribution is -2.66. The van der Waals surface area contributed by atoms with Crippen molar-refractivity contribution in [1.29, 1.82) is 0 Å². The minimum atomic E-state index is -1.98. The van der Waals surface area contributed by atoms with E-state index in [1.165, 1.54) is 44.9 Å². The number of hydrogen-bond acceptors (Lipinski definition) is 18. The van der Waals surface area contributed by atoms with E-state index in [0.717, 1.165) is 122 Å². The monoisotopic (exact) mass is 1270 g/mol. The predicted octanol–water partition coefficient (Wildman–Crippen LogP) is 8.66. The lowest BCUT2D eigenvalue weighted by atomic mass is 9.96. The van der Waals surface area contributed by atoms with Gasteiger partial charge in [0.1, 0.15) is 73.2 Å². The van der Waals surface area contributed by atoms with Crippen molar-refractivity contribution in [3.8, 4) is 0 Å². The van der Waals surface area contributed by atoms with Crippen molar-refractivity contribution in [2.24, 2.45) is 0 Å². The maximum Gasteiger partial charge on any atom is 0.220 e. The summed E-state index contributed by atoms with van der Waals surface area (Å²) in [6.45, 7) is 1.60. The minimum absolute atomic E-state index is 0.251. The molecule has 516 valence electrons. The Morgan fingerprint density at radius 3 is 1.20 bits per heavy atom. The van der Waals surface area contributed by atoms with Crippen LogP contribution in [0.1, 0.15) is 200 Å². The van der Waals surface area contributed by atoms with E-state index in [2.05, 4.69) is 129 Å². The Bertz CT molecular complexity index is 2060. The molecule has 17 unspecified atom stereocenters. The number of amides is 1. The van der Waals surface area contributed by atoms with Crippen molar-refractivity contribution in [3.63, 3.8) is 0 Å².